The Morgan fingerprint density at radius 1 is 1.26 bits per heavy atom. The summed E-state index contributed by atoms with van der Waals surface area (Å²) in [7, 11) is -3.83. The van der Waals surface area contributed by atoms with E-state index in [4.69, 9.17) is 11.6 Å². The molecule has 0 spiro atoms. The normalized spacial score (nSPS) is 15.6. The standard InChI is InChI=1S/C13H19ClFN3O2S.2ClH/c14-11-2-3-13(12(15)10-11)21(19,20)17-4-1-7-18-8-5-16-6-9-18;;/h2-3,10,16-17H,1,4-9H2;2*1H. The van der Waals surface area contributed by atoms with E-state index in [1.807, 2.05) is 0 Å². The van der Waals surface area contributed by atoms with Crippen molar-refractivity contribution in [3.8, 4) is 0 Å². The summed E-state index contributed by atoms with van der Waals surface area (Å²) in [5.74, 6) is -0.836. The van der Waals surface area contributed by atoms with Crippen LogP contribution in [0.4, 0.5) is 4.39 Å². The van der Waals surface area contributed by atoms with Gasteiger partial charge in [-0.2, -0.15) is 0 Å². The van der Waals surface area contributed by atoms with Crippen LogP contribution in [0.25, 0.3) is 0 Å². The largest absolute Gasteiger partial charge is 0.314 e. The zero-order valence-corrected chi connectivity index (χ0v) is 15.6. The molecule has 2 N–H and O–H groups in total. The fraction of sp³-hybridized carbons (Fsp3) is 0.538. The summed E-state index contributed by atoms with van der Waals surface area (Å²) in [6.45, 7) is 4.97. The van der Waals surface area contributed by atoms with E-state index in [0.29, 0.717) is 6.42 Å². The molecule has 0 aliphatic carbocycles. The molecular weight excluding hydrogens is 388 g/mol. The Morgan fingerprint density at radius 3 is 2.52 bits per heavy atom. The van der Waals surface area contributed by atoms with Crippen LogP contribution in [-0.2, 0) is 10.0 Å². The third-order valence-corrected chi connectivity index (χ3v) is 5.07. The number of benzene rings is 1. The molecule has 1 saturated heterocycles. The minimum absolute atomic E-state index is 0. The second kappa shape index (κ2) is 10.7. The molecule has 0 unspecified atom stereocenters. The molecule has 1 aromatic carbocycles. The maximum absolute atomic E-state index is 13.6. The molecule has 1 aliphatic heterocycles. The number of halogens is 4. The second-order valence-corrected chi connectivity index (χ2v) is 7.09. The number of nitrogens with zero attached hydrogens (tertiary/aromatic N) is 1. The van der Waals surface area contributed by atoms with Crippen molar-refractivity contribution >= 4 is 46.4 Å². The highest BCUT2D eigenvalue weighted by Gasteiger charge is 2.18. The highest BCUT2D eigenvalue weighted by molar-refractivity contribution is 7.89. The molecule has 1 aromatic rings. The van der Waals surface area contributed by atoms with E-state index in [-0.39, 0.29) is 41.3 Å². The fourth-order valence-electron chi connectivity index (χ4n) is 2.21. The van der Waals surface area contributed by atoms with Crippen molar-refractivity contribution in [3.05, 3.63) is 29.0 Å². The molecule has 1 aliphatic rings. The number of sulfonamides is 1. The molecule has 0 saturated carbocycles. The summed E-state index contributed by atoms with van der Waals surface area (Å²) in [5, 5.41) is 3.43. The van der Waals surface area contributed by atoms with Gasteiger partial charge < -0.3 is 10.2 Å². The Hall–Kier alpha value is -0.150. The van der Waals surface area contributed by atoms with Gasteiger partial charge in [0.05, 0.1) is 0 Å². The van der Waals surface area contributed by atoms with Crippen molar-refractivity contribution in [2.24, 2.45) is 0 Å². The Labute approximate surface area is 153 Å². The van der Waals surface area contributed by atoms with Crippen LogP contribution in [0, 0.1) is 5.82 Å². The molecule has 2 rings (SSSR count). The quantitative estimate of drug-likeness (QED) is 0.706. The third-order valence-electron chi connectivity index (χ3n) is 3.34. The number of hydrogen-bond donors (Lipinski definition) is 2. The van der Waals surface area contributed by atoms with Crippen LogP contribution < -0.4 is 10.0 Å². The van der Waals surface area contributed by atoms with E-state index in [9.17, 15) is 12.8 Å². The summed E-state index contributed by atoms with van der Waals surface area (Å²) in [5.41, 5.74) is 0. The minimum atomic E-state index is -3.83. The molecule has 1 heterocycles. The fourth-order valence-corrected chi connectivity index (χ4v) is 3.51. The van der Waals surface area contributed by atoms with Crippen molar-refractivity contribution in [1.29, 1.82) is 0 Å². The average molecular weight is 409 g/mol. The molecule has 0 amide bonds. The predicted molar refractivity (Wildman–Crippen MR) is 95.0 cm³/mol. The Kier molecular flexibility index (Phi) is 10.6. The number of hydrogen-bond acceptors (Lipinski definition) is 4. The van der Waals surface area contributed by atoms with E-state index in [1.54, 1.807) is 0 Å². The number of piperazine rings is 1. The van der Waals surface area contributed by atoms with E-state index in [1.165, 1.54) is 12.1 Å². The highest BCUT2D eigenvalue weighted by Crippen LogP contribution is 2.18. The van der Waals surface area contributed by atoms with E-state index >= 15 is 0 Å². The van der Waals surface area contributed by atoms with E-state index in [0.717, 1.165) is 38.8 Å². The minimum Gasteiger partial charge on any atom is -0.314 e. The van der Waals surface area contributed by atoms with Crippen molar-refractivity contribution in [2.45, 2.75) is 11.3 Å². The van der Waals surface area contributed by atoms with Gasteiger partial charge in [-0.05, 0) is 31.2 Å². The molecule has 5 nitrogen and oxygen atoms in total. The van der Waals surface area contributed by atoms with Crippen LogP contribution in [0.2, 0.25) is 5.02 Å². The molecule has 134 valence electrons. The topological polar surface area (TPSA) is 61.4 Å². The van der Waals surface area contributed by atoms with Gasteiger partial charge >= 0.3 is 0 Å². The van der Waals surface area contributed by atoms with Gasteiger partial charge in [-0.25, -0.2) is 17.5 Å². The monoisotopic (exact) mass is 407 g/mol. The van der Waals surface area contributed by atoms with Gasteiger partial charge in [-0.15, -0.1) is 24.8 Å². The van der Waals surface area contributed by atoms with Crippen LogP contribution >= 0.6 is 36.4 Å². The Bertz CT molecular complexity index is 584. The first-order valence-corrected chi connectivity index (χ1v) is 8.73. The Balaban J connectivity index is 0.00000242. The van der Waals surface area contributed by atoms with Crippen LogP contribution in [0.3, 0.4) is 0 Å². The SMILES string of the molecule is Cl.Cl.O=S(=O)(NCCCN1CCNCC1)c1ccc(Cl)cc1F. The molecule has 1 fully saturated rings. The summed E-state index contributed by atoms with van der Waals surface area (Å²) >= 11 is 5.61. The lowest BCUT2D eigenvalue weighted by Gasteiger charge is -2.27. The molecule has 0 aromatic heterocycles. The average Bonchev–Trinajstić information content (AvgIpc) is 2.44. The van der Waals surface area contributed by atoms with E-state index < -0.39 is 15.8 Å². The first-order valence-electron chi connectivity index (χ1n) is 6.87. The zero-order valence-electron chi connectivity index (χ0n) is 12.4. The zero-order chi connectivity index (χ0) is 15.3. The molecule has 0 bridgehead atoms. The van der Waals surface area contributed by atoms with Crippen molar-refractivity contribution in [1.82, 2.24) is 14.9 Å². The van der Waals surface area contributed by atoms with Crippen molar-refractivity contribution in [2.75, 3.05) is 39.3 Å². The lowest BCUT2D eigenvalue weighted by Crippen LogP contribution is -2.44. The van der Waals surface area contributed by atoms with Crippen molar-refractivity contribution < 1.29 is 12.8 Å². The van der Waals surface area contributed by atoms with Gasteiger partial charge in [-0.1, -0.05) is 11.6 Å². The summed E-state index contributed by atoms with van der Waals surface area (Å²) in [6, 6.07) is 3.53. The lowest BCUT2D eigenvalue weighted by molar-refractivity contribution is 0.239. The van der Waals surface area contributed by atoms with Crippen LogP contribution in [0.5, 0.6) is 0 Å². The molecule has 23 heavy (non-hydrogen) atoms. The number of rotatable bonds is 6. The first kappa shape index (κ1) is 22.9. The maximum Gasteiger partial charge on any atom is 0.243 e. The lowest BCUT2D eigenvalue weighted by atomic mass is 10.3. The van der Waals surface area contributed by atoms with Gasteiger partial charge in [0.1, 0.15) is 10.7 Å². The Morgan fingerprint density at radius 2 is 1.91 bits per heavy atom. The predicted octanol–water partition coefficient (Wildman–Crippen LogP) is 1.90. The molecule has 0 radical (unpaired) electrons. The molecule has 10 heteroatoms. The van der Waals surface area contributed by atoms with Gasteiger partial charge in [0.25, 0.3) is 0 Å². The van der Waals surface area contributed by atoms with Crippen LogP contribution in [-0.4, -0.2) is 52.6 Å². The van der Waals surface area contributed by atoms with Crippen LogP contribution in [0.1, 0.15) is 6.42 Å². The first-order chi connectivity index (χ1) is 9.99. The number of nitrogens with one attached hydrogen (secondary N) is 2. The van der Waals surface area contributed by atoms with Gasteiger partial charge in [0.2, 0.25) is 10.0 Å². The van der Waals surface area contributed by atoms with Gasteiger partial charge in [-0.3, -0.25) is 0 Å². The molecule has 0 atom stereocenters. The van der Waals surface area contributed by atoms with Gasteiger partial charge in [0, 0.05) is 37.7 Å². The smallest absolute Gasteiger partial charge is 0.243 e. The summed E-state index contributed by atoms with van der Waals surface area (Å²) < 4.78 is 40.0. The molecular formula is C13H21Cl3FN3O2S. The maximum atomic E-state index is 13.6. The second-order valence-electron chi connectivity index (χ2n) is 4.92. The van der Waals surface area contributed by atoms with E-state index in [2.05, 4.69) is 14.9 Å². The van der Waals surface area contributed by atoms with Crippen molar-refractivity contribution in [3.63, 3.8) is 0 Å². The summed E-state index contributed by atoms with van der Waals surface area (Å²) in [6.07, 6.45) is 0.689. The summed E-state index contributed by atoms with van der Waals surface area (Å²) in [4.78, 5) is 1.90. The van der Waals surface area contributed by atoms with Crippen LogP contribution in [0.15, 0.2) is 23.1 Å². The van der Waals surface area contributed by atoms with Gasteiger partial charge in [0.15, 0.2) is 0 Å². The highest BCUT2D eigenvalue weighted by atomic mass is 35.5. The third kappa shape index (κ3) is 7.09.